The van der Waals surface area contributed by atoms with Gasteiger partial charge < -0.3 is 5.11 Å². The Labute approximate surface area is 70.8 Å². The summed E-state index contributed by atoms with van der Waals surface area (Å²) in [5, 5.41) is 9.07. The first-order chi connectivity index (χ1) is 5.78. The molecule has 0 saturated heterocycles. The fourth-order valence-corrected chi connectivity index (χ4v) is 1.55. The number of benzene rings is 1. The van der Waals surface area contributed by atoms with Crippen LogP contribution >= 0.6 is 0 Å². The smallest absolute Gasteiger partial charge is 0.127 e. The molecule has 0 aliphatic heterocycles. The third kappa shape index (κ3) is 1.03. The van der Waals surface area contributed by atoms with Crippen molar-refractivity contribution in [3.63, 3.8) is 0 Å². The molecule has 64 valence electrons. The highest BCUT2D eigenvalue weighted by molar-refractivity contribution is 5.32. The minimum absolute atomic E-state index is 0.0634. The molecule has 2 heteroatoms. The van der Waals surface area contributed by atoms with Gasteiger partial charge in [0.05, 0.1) is 6.61 Å². The molecule has 0 heterocycles. The number of aliphatic hydroxyl groups is 1. The molecule has 1 aromatic carbocycles. The Morgan fingerprint density at radius 2 is 2.00 bits per heavy atom. The van der Waals surface area contributed by atoms with Crippen LogP contribution in [0.2, 0.25) is 0 Å². The van der Waals surface area contributed by atoms with E-state index in [1.54, 1.807) is 12.1 Å². The maximum absolute atomic E-state index is 13.2. The van der Waals surface area contributed by atoms with Crippen LogP contribution in [0.1, 0.15) is 18.4 Å². The van der Waals surface area contributed by atoms with Gasteiger partial charge in [-0.3, -0.25) is 0 Å². The lowest BCUT2D eigenvalue weighted by molar-refractivity contribution is 0.252. The van der Waals surface area contributed by atoms with Crippen LogP contribution in [0.4, 0.5) is 4.39 Å². The minimum atomic E-state index is -0.245. The Kier molecular flexibility index (Phi) is 1.65. The van der Waals surface area contributed by atoms with Crippen molar-refractivity contribution in [2.24, 2.45) is 0 Å². The zero-order valence-corrected chi connectivity index (χ0v) is 6.76. The number of aliphatic hydroxyl groups excluding tert-OH is 1. The van der Waals surface area contributed by atoms with E-state index in [-0.39, 0.29) is 17.8 Å². The van der Waals surface area contributed by atoms with Gasteiger partial charge >= 0.3 is 0 Å². The van der Waals surface area contributed by atoms with Gasteiger partial charge in [-0.25, -0.2) is 4.39 Å². The maximum atomic E-state index is 13.2. The molecule has 1 N–H and O–H groups in total. The van der Waals surface area contributed by atoms with Crippen molar-refractivity contribution in [1.82, 2.24) is 0 Å². The monoisotopic (exact) mass is 166 g/mol. The normalized spacial score (nSPS) is 19.2. The highest BCUT2D eigenvalue weighted by Gasteiger charge is 2.45. The first-order valence-electron chi connectivity index (χ1n) is 4.14. The van der Waals surface area contributed by atoms with E-state index >= 15 is 0 Å². The highest BCUT2D eigenvalue weighted by atomic mass is 19.1. The number of rotatable bonds is 2. The number of hydrogen-bond acceptors (Lipinski definition) is 1. The van der Waals surface area contributed by atoms with Crippen molar-refractivity contribution in [1.29, 1.82) is 0 Å². The van der Waals surface area contributed by atoms with Crippen LogP contribution in [0, 0.1) is 5.82 Å². The van der Waals surface area contributed by atoms with Crippen LogP contribution in [0.3, 0.4) is 0 Å². The third-order valence-corrected chi connectivity index (χ3v) is 2.60. The second-order valence-corrected chi connectivity index (χ2v) is 3.42. The summed E-state index contributed by atoms with van der Waals surface area (Å²) < 4.78 is 13.2. The first-order valence-corrected chi connectivity index (χ1v) is 4.14. The second kappa shape index (κ2) is 2.56. The third-order valence-electron chi connectivity index (χ3n) is 2.60. The van der Waals surface area contributed by atoms with Crippen molar-refractivity contribution in [2.75, 3.05) is 6.61 Å². The molecule has 0 amide bonds. The zero-order chi connectivity index (χ0) is 8.60. The summed E-state index contributed by atoms with van der Waals surface area (Å²) in [6.07, 6.45) is 1.81. The van der Waals surface area contributed by atoms with Crippen LogP contribution in [0.5, 0.6) is 0 Å². The summed E-state index contributed by atoms with van der Waals surface area (Å²) in [5.74, 6) is -0.191. The van der Waals surface area contributed by atoms with E-state index in [1.165, 1.54) is 6.07 Å². The average molecular weight is 166 g/mol. The lowest BCUT2D eigenvalue weighted by atomic mass is 9.97. The van der Waals surface area contributed by atoms with Gasteiger partial charge in [-0.15, -0.1) is 0 Å². The molecule has 1 fully saturated rings. The molecule has 2 rings (SSSR count). The Balaban J connectivity index is 2.40. The van der Waals surface area contributed by atoms with E-state index in [4.69, 9.17) is 5.11 Å². The lowest BCUT2D eigenvalue weighted by Gasteiger charge is -2.12. The van der Waals surface area contributed by atoms with Crippen molar-refractivity contribution in [2.45, 2.75) is 18.3 Å². The summed E-state index contributed by atoms with van der Waals surface area (Å²) in [6.45, 7) is 0.0634. The van der Waals surface area contributed by atoms with Crippen molar-refractivity contribution >= 4 is 0 Å². The van der Waals surface area contributed by atoms with Crippen LogP contribution in [-0.2, 0) is 5.41 Å². The van der Waals surface area contributed by atoms with Crippen LogP contribution in [0.25, 0.3) is 0 Å². The van der Waals surface area contributed by atoms with Gasteiger partial charge in [-0.2, -0.15) is 0 Å². The SMILES string of the molecule is OCC1(c2ccccc2F)CC1. The molecule has 0 aromatic heterocycles. The maximum Gasteiger partial charge on any atom is 0.127 e. The molecule has 0 atom stereocenters. The van der Waals surface area contributed by atoms with E-state index < -0.39 is 0 Å². The topological polar surface area (TPSA) is 20.2 Å². The van der Waals surface area contributed by atoms with Gasteiger partial charge in [0.2, 0.25) is 0 Å². The van der Waals surface area contributed by atoms with Gasteiger partial charge in [-0.1, -0.05) is 18.2 Å². The van der Waals surface area contributed by atoms with Gasteiger partial charge in [0, 0.05) is 5.41 Å². The summed E-state index contributed by atoms with van der Waals surface area (Å²) in [5.41, 5.74) is 0.429. The summed E-state index contributed by atoms with van der Waals surface area (Å²) >= 11 is 0. The Hall–Kier alpha value is -0.890. The number of halogens is 1. The van der Waals surface area contributed by atoms with E-state index in [0.717, 1.165) is 12.8 Å². The fourth-order valence-electron chi connectivity index (χ4n) is 1.55. The molecule has 1 aliphatic rings. The van der Waals surface area contributed by atoms with E-state index in [9.17, 15) is 4.39 Å². The van der Waals surface area contributed by atoms with Crippen molar-refractivity contribution < 1.29 is 9.50 Å². The van der Waals surface area contributed by atoms with E-state index in [1.807, 2.05) is 6.07 Å². The van der Waals surface area contributed by atoms with Gasteiger partial charge in [-0.05, 0) is 24.5 Å². The Morgan fingerprint density at radius 3 is 2.50 bits per heavy atom. The molecule has 12 heavy (non-hydrogen) atoms. The van der Waals surface area contributed by atoms with Crippen LogP contribution in [-0.4, -0.2) is 11.7 Å². The Bertz CT molecular complexity index is 292. The van der Waals surface area contributed by atoms with Crippen LogP contribution in [0.15, 0.2) is 24.3 Å². The quantitative estimate of drug-likeness (QED) is 0.710. The van der Waals surface area contributed by atoms with Crippen molar-refractivity contribution in [3.05, 3.63) is 35.6 Å². The summed E-state index contributed by atoms with van der Waals surface area (Å²) in [6, 6.07) is 6.70. The zero-order valence-electron chi connectivity index (χ0n) is 6.76. The summed E-state index contributed by atoms with van der Waals surface area (Å²) in [4.78, 5) is 0. The van der Waals surface area contributed by atoms with E-state index in [0.29, 0.717) is 5.56 Å². The molecule has 0 radical (unpaired) electrons. The number of hydrogen-bond donors (Lipinski definition) is 1. The molecular formula is C10H11FO. The Morgan fingerprint density at radius 1 is 1.33 bits per heavy atom. The van der Waals surface area contributed by atoms with Gasteiger partial charge in [0.1, 0.15) is 5.82 Å². The first kappa shape index (κ1) is 7.74. The largest absolute Gasteiger partial charge is 0.395 e. The van der Waals surface area contributed by atoms with Crippen molar-refractivity contribution in [3.8, 4) is 0 Å². The van der Waals surface area contributed by atoms with Crippen LogP contribution < -0.4 is 0 Å². The van der Waals surface area contributed by atoms with Gasteiger partial charge in [0.25, 0.3) is 0 Å². The standard InChI is InChI=1S/C10H11FO/c11-9-4-2-1-3-8(9)10(7-12)5-6-10/h1-4,12H,5-7H2. The minimum Gasteiger partial charge on any atom is -0.395 e. The fraction of sp³-hybridized carbons (Fsp3) is 0.400. The lowest BCUT2D eigenvalue weighted by Crippen LogP contribution is -2.13. The molecule has 0 unspecified atom stereocenters. The molecule has 1 saturated carbocycles. The second-order valence-electron chi connectivity index (χ2n) is 3.42. The molecule has 1 aromatic rings. The molecular weight excluding hydrogens is 155 g/mol. The molecule has 0 spiro atoms. The summed E-state index contributed by atoms with van der Waals surface area (Å²) in [7, 11) is 0. The average Bonchev–Trinajstić information content (AvgIpc) is 2.86. The predicted molar refractivity (Wildman–Crippen MR) is 44.4 cm³/mol. The predicted octanol–water partition coefficient (Wildman–Crippen LogP) is 1.85. The molecule has 1 nitrogen and oxygen atoms in total. The highest BCUT2D eigenvalue weighted by Crippen LogP contribution is 2.48. The molecule has 1 aliphatic carbocycles. The molecule has 0 bridgehead atoms. The van der Waals surface area contributed by atoms with Gasteiger partial charge in [0.15, 0.2) is 0 Å². The van der Waals surface area contributed by atoms with E-state index in [2.05, 4.69) is 0 Å².